The van der Waals surface area contributed by atoms with Gasteiger partial charge in [0.2, 0.25) is 0 Å². The minimum Gasteiger partial charge on any atom is -0.481 e. The van der Waals surface area contributed by atoms with E-state index in [9.17, 15) is 9.90 Å². The minimum absolute atomic E-state index is 0.0141. The first-order valence-corrected chi connectivity index (χ1v) is 7.25. The molecule has 1 aromatic rings. The van der Waals surface area contributed by atoms with E-state index in [0.29, 0.717) is 6.54 Å². The van der Waals surface area contributed by atoms with Gasteiger partial charge in [-0.2, -0.15) is 0 Å². The fourth-order valence-electron chi connectivity index (χ4n) is 3.08. The quantitative estimate of drug-likeness (QED) is 0.901. The van der Waals surface area contributed by atoms with Crippen molar-refractivity contribution in [1.29, 1.82) is 0 Å². The molecule has 0 bridgehead atoms. The number of carboxylic acids is 1. The molecule has 110 valence electrons. The average molecular weight is 275 g/mol. The lowest BCUT2D eigenvalue weighted by Crippen LogP contribution is -2.40. The predicted molar refractivity (Wildman–Crippen MR) is 81.1 cm³/mol. The van der Waals surface area contributed by atoms with Crippen LogP contribution in [0, 0.1) is 19.8 Å². The number of hydrogen-bond acceptors (Lipinski definition) is 2. The first-order valence-electron chi connectivity index (χ1n) is 7.25. The van der Waals surface area contributed by atoms with Crippen LogP contribution in [0.25, 0.3) is 0 Å². The fraction of sp³-hybridized carbons (Fsp3) is 0.588. The molecule has 1 aromatic carbocycles. The van der Waals surface area contributed by atoms with Gasteiger partial charge in [0.05, 0.1) is 5.92 Å². The Hall–Kier alpha value is -1.35. The van der Waals surface area contributed by atoms with Crippen LogP contribution in [-0.2, 0) is 4.79 Å². The summed E-state index contributed by atoms with van der Waals surface area (Å²) in [6.45, 7) is 12.1. The molecule has 1 fully saturated rings. The molecule has 1 N–H and O–H groups in total. The number of aliphatic carboxylic acids is 1. The van der Waals surface area contributed by atoms with Gasteiger partial charge in [0.1, 0.15) is 0 Å². The van der Waals surface area contributed by atoms with E-state index >= 15 is 0 Å². The molecule has 1 aliphatic rings. The molecule has 2 rings (SSSR count). The number of carboxylic acid groups (broad SMARTS) is 1. The first kappa shape index (κ1) is 15.0. The topological polar surface area (TPSA) is 40.5 Å². The van der Waals surface area contributed by atoms with E-state index in [1.165, 1.54) is 16.7 Å². The lowest BCUT2D eigenvalue weighted by Gasteiger charge is -2.31. The zero-order chi connectivity index (χ0) is 15.1. The molecule has 0 radical (unpaired) electrons. The van der Waals surface area contributed by atoms with Crippen LogP contribution in [-0.4, -0.2) is 34.6 Å². The summed E-state index contributed by atoms with van der Waals surface area (Å²) in [6, 6.07) is 6.34. The second-order valence-corrected chi connectivity index (χ2v) is 6.99. The molecule has 1 aliphatic heterocycles. The van der Waals surface area contributed by atoms with Gasteiger partial charge < -0.3 is 5.11 Å². The van der Waals surface area contributed by atoms with Gasteiger partial charge in [0.15, 0.2) is 0 Å². The van der Waals surface area contributed by atoms with Gasteiger partial charge in [-0.3, -0.25) is 9.69 Å². The van der Waals surface area contributed by atoms with Crippen LogP contribution in [0.3, 0.4) is 0 Å². The summed E-state index contributed by atoms with van der Waals surface area (Å²) in [7, 11) is 0. The molecule has 1 saturated heterocycles. The van der Waals surface area contributed by atoms with Crippen molar-refractivity contribution in [1.82, 2.24) is 4.90 Å². The molecule has 2 atom stereocenters. The third-order valence-electron chi connectivity index (χ3n) is 4.42. The van der Waals surface area contributed by atoms with E-state index in [2.05, 4.69) is 57.7 Å². The highest BCUT2D eigenvalue weighted by Gasteiger charge is 2.42. The van der Waals surface area contributed by atoms with Crippen LogP contribution in [0.4, 0.5) is 0 Å². The largest absolute Gasteiger partial charge is 0.481 e. The summed E-state index contributed by atoms with van der Waals surface area (Å²) in [5.41, 5.74) is 3.61. The second kappa shape index (κ2) is 5.21. The normalized spacial score (nSPS) is 24.1. The van der Waals surface area contributed by atoms with Crippen LogP contribution >= 0.6 is 0 Å². The summed E-state index contributed by atoms with van der Waals surface area (Å²) in [6.07, 6.45) is 0. The molecule has 0 unspecified atom stereocenters. The van der Waals surface area contributed by atoms with Crippen LogP contribution < -0.4 is 0 Å². The lowest BCUT2D eigenvalue weighted by molar-refractivity contribution is -0.141. The van der Waals surface area contributed by atoms with Gasteiger partial charge >= 0.3 is 5.97 Å². The summed E-state index contributed by atoms with van der Waals surface area (Å²) in [5.74, 6) is -0.899. The maximum absolute atomic E-state index is 11.6. The Balaban J connectivity index is 2.38. The summed E-state index contributed by atoms with van der Waals surface area (Å²) >= 11 is 0. The van der Waals surface area contributed by atoms with Crippen LogP contribution in [0.1, 0.15) is 43.4 Å². The van der Waals surface area contributed by atoms with Crippen LogP contribution in [0.2, 0.25) is 0 Å². The Morgan fingerprint density at radius 1 is 1.25 bits per heavy atom. The van der Waals surface area contributed by atoms with E-state index in [4.69, 9.17) is 0 Å². The van der Waals surface area contributed by atoms with Gasteiger partial charge in [-0.1, -0.05) is 23.8 Å². The molecule has 0 saturated carbocycles. The van der Waals surface area contributed by atoms with Crippen LogP contribution in [0.15, 0.2) is 18.2 Å². The van der Waals surface area contributed by atoms with Crippen molar-refractivity contribution < 1.29 is 9.90 Å². The van der Waals surface area contributed by atoms with Gasteiger partial charge in [0, 0.05) is 24.5 Å². The van der Waals surface area contributed by atoms with Crippen molar-refractivity contribution >= 4 is 5.97 Å². The number of hydrogen-bond donors (Lipinski definition) is 1. The van der Waals surface area contributed by atoms with Crippen molar-refractivity contribution in [2.45, 2.75) is 46.1 Å². The van der Waals surface area contributed by atoms with Crippen molar-refractivity contribution in [3.63, 3.8) is 0 Å². The third kappa shape index (κ3) is 2.88. The molecule has 0 aliphatic carbocycles. The molecule has 3 nitrogen and oxygen atoms in total. The van der Waals surface area contributed by atoms with Crippen molar-refractivity contribution in [2.75, 3.05) is 13.1 Å². The molecule has 3 heteroatoms. The summed E-state index contributed by atoms with van der Waals surface area (Å²) in [4.78, 5) is 13.9. The number of benzene rings is 1. The van der Waals surface area contributed by atoms with Crippen molar-refractivity contribution in [3.05, 3.63) is 34.9 Å². The standard InChI is InChI=1S/C17H25NO2/c1-11-6-7-12(2)13(8-11)14-9-18(17(3,4)5)10-15(14)16(19)20/h6-8,14-15H,9-10H2,1-5H3,(H,19,20)/t14-,15+/m1/s1. The van der Waals surface area contributed by atoms with E-state index in [-0.39, 0.29) is 17.4 Å². The Bertz CT molecular complexity index is 516. The molecule has 0 spiro atoms. The first-order chi connectivity index (χ1) is 9.20. The predicted octanol–water partition coefficient (Wildman–Crippen LogP) is 3.20. The summed E-state index contributed by atoms with van der Waals surface area (Å²) < 4.78 is 0. The molecule has 1 heterocycles. The van der Waals surface area contributed by atoms with Crippen molar-refractivity contribution in [3.8, 4) is 0 Å². The van der Waals surface area contributed by atoms with E-state index in [0.717, 1.165) is 6.54 Å². The maximum Gasteiger partial charge on any atom is 0.308 e. The van der Waals surface area contributed by atoms with Gasteiger partial charge in [0.25, 0.3) is 0 Å². The maximum atomic E-state index is 11.6. The highest BCUT2D eigenvalue weighted by atomic mass is 16.4. The average Bonchev–Trinajstić information content (AvgIpc) is 2.77. The molecular weight excluding hydrogens is 250 g/mol. The molecule has 20 heavy (non-hydrogen) atoms. The minimum atomic E-state index is -0.678. The lowest BCUT2D eigenvalue weighted by atomic mass is 9.86. The van der Waals surface area contributed by atoms with Gasteiger partial charge in [-0.05, 0) is 45.7 Å². The Morgan fingerprint density at radius 3 is 2.45 bits per heavy atom. The Labute approximate surface area is 121 Å². The van der Waals surface area contributed by atoms with Gasteiger partial charge in [-0.25, -0.2) is 0 Å². The van der Waals surface area contributed by atoms with Crippen molar-refractivity contribution in [2.24, 2.45) is 5.92 Å². The number of nitrogens with zero attached hydrogens (tertiary/aromatic N) is 1. The molecule has 0 aromatic heterocycles. The molecule has 0 amide bonds. The van der Waals surface area contributed by atoms with E-state index < -0.39 is 5.97 Å². The van der Waals surface area contributed by atoms with E-state index in [1.54, 1.807) is 0 Å². The second-order valence-electron chi connectivity index (χ2n) is 6.99. The SMILES string of the molecule is Cc1ccc(C)c([C@H]2CN(C(C)(C)C)C[C@@H]2C(=O)O)c1. The fourth-order valence-corrected chi connectivity index (χ4v) is 3.08. The smallest absolute Gasteiger partial charge is 0.308 e. The number of likely N-dealkylation sites (tertiary alicyclic amines) is 1. The third-order valence-corrected chi connectivity index (χ3v) is 4.42. The highest BCUT2D eigenvalue weighted by Crippen LogP contribution is 2.37. The van der Waals surface area contributed by atoms with E-state index in [1.807, 2.05) is 0 Å². The summed E-state index contributed by atoms with van der Waals surface area (Å²) in [5, 5.41) is 9.56. The van der Waals surface area contributed by atoms with Crippen LogP contribution in [0.5, 0.6) is 0 Å². The monoisotopic (exact) mass is 275 g/mol. The molecular formula is C17H25NO2. The highest BCUT2D eigenvalue weighted by molar-refractivity contribution is 5.72. The zero-order valence-corrected chi connectivity index (χ0v) is 13.1. The zero-order valence-electron chi connectivity index (χ0n) is 13.1. The Kier molecular flexibility index (Phi) is 3.92. The number of carbonyl (C=O) groups is 1. The Morgan fingerprint density at radius 2 is 1.90 bits per heavy atom. The number of aryl methyl sites for hydroxylation is 2. The van der Waals surface area contributed by atoms with Gasteiger partial charge in [-0.15, -0.1) is 0 Å². The number of rotatable bonds is 2.